The van der Waals surface area contributed by atoms with Crippen LogP contribution in [-0.4, -0.2) is 42.8 Å². The molecule has 0 aliphatic carbocycles. The maximum atomic E-state index is 11.7. The number of amides is 1. The topological polar surface area (TPSA) is 91.4 Å². The smallest absolute Gasteiger partial charge is 0.221 e. The predicted molar refractivity (Wildman–Crippen MR) is 84.3 cm³/mol. The number of ether oxygens (including phenoxy) is 2. The Bertz CT molecular complexity index is 666. The highest BCUT2D eigenvalue weighted by atomic mass is 16.5. The Balaban J connectivity index is 2.25. The Morgan fingerprint density at radius 3 is 2.64 bits per heavy atom. The molecule has 0 saturated carbocycles. The number of benzene rings is 1. The number of aryl methyl sites for hydroxylation is 2. The minimum Gasteiger partial charge on any atom is -0.493 e. The van der Waals surface area contributed by atoms with Crippen LogP contribution in [0, 0.1) is 6.92 Å². The van der Waals surface area contributed by atoms with Crippen molar-refractivity contribution in [2.75, 3.05) is 27.3 Å². The Kier molecular flexibility index (Phi) is 5.21. The second-order valence-electron chi connectivity index (χ2n) is 4.90. The average molecular weight is 306 g/mol. The van der Waals surface area contributed by atoms with E-state index in [0.29, 0.717) is 37.6 Å². The van der Waals surface area contributed by atoms with E-state index >= 15 is 0 Å². The Labute approximate surface area is 129 Å². The van der Waals surface area contributed by atoms with Gasteiger partial charge in [0.05, 0.1) is 25.3 Å². The van der Waals surface area contributed by atoms with E-state index in [1.807, 2.05) is 23.6 Å². The standard InChI is InChI=1S/C15H22N4O3/c1-10-18-11-8-13(21-2)14(22-3)9-12(11)19(10)7-4-15(20)17-6-5-16/h8-9H,4-7,16H2,1-3H3,(H,17,20). The van der Waals surface area contributed by atoms with Crippen molar-refractivity contribution in [3.8, 4) is 11.5 Å². The average Bonchev–Trinajstić information content (AvgIpc) is 2.83. The zero-order valence-corrected chi connectivity index (χ0v) is 13.2. The minimum absolute atomic E-state index is 0.0211. The van der Waals surface area contributed by atoms with Crippen molar-refractivity contribution in [2.24, 2.45) is 5.73 Å². The molecule has 0 atom stereocenters. The molecule has 0 radical (unpaired) electrons. The highest BCUT2D eigenvalue weighted by Gasteiger charge is 2.13. The molecule has 1 heterocycles. The van der Waals surface area contributed by atoms with Gasteiger partial charge in [0.1, 0.15) is 5.82 Å². The van der Waals surface area contributed by atoms with Crippen LogP contribution < -0.4 is 20.5 Å². The first kappa shape index (κ1) is 16.1. The molecule has 0 fully saturated rings. The van der Waals surface area contributed by atoms with Crippen molar-refractivity contribution in [3.05, 3.63) is 18.0 Å². The molecular weight excluding hydrogens is 284 g/mol. The van der Waals surface area contributed by atoms with Gasteiger partial charge in [-0.15, -0.1) is 0 Å². The second kappa shape index (κ2) is 7.13. The molecule has 0 bridgehead atoms. The van der Waals surface area contributed by atoms with Gasteiger partial charge in [-0.05, 0) is 6.92 Å². The third-order valence-corrected chi connectivity index (χ3v) is 3.47. The van der Waals surface area contributed by atoms with E-state index in [-0.39, 0.29) is 5.91 Å². The molecule has 0 saturated heterocycles. The monoisotopic (exact) mass is 306 g/mol. The van der Waals surface area contributed by atoms with Gasteiger partial charge in [0.15, 0.2) is 11.5 Å². The number of nitrogens with zero attached hydrogens (tertiary/aromatic N) is 2. The largest absolute Gasteiger partial charge is 0.493 e. The number of aromatic nitrogens is 2. The molecule has 1 aromatic heterocycles. The zero-order valence-electron chi connectivity index (χ0n) is 13.2. The lowest BCUT2D eigenvalue weighted by Crippen LogP contribution is -2.29. The maximum absolute atomic E-state index is 11.7. The lowest BCUT2D eigenvalue weighted by atomic mass is 10.2. The van der Waals surface area contributed by atoms with Crippen LogP contribution in [0.5, 0.6) is 11.5 Å². The van der Waals surface area contributed by atoms with Gasteiger partial charge < -0.3 is 25.1 Å². The maximum Gasteiger partial charge on any atom is 0.221 e. The highest BCUT2D eigenvalue weighted by molar-refractivity contribution is 5.81. The summed E-state index contributed by atoms with van der Waals surface area (Å²) in [6.45, 7) is 3.40. The normalized spacial score (nSPS) is 10.7. The molecule has 0 unspecified atom stereocenters. The molecule has 7 heteroatoms. The number of imidazole rings is 1. The molecule has 3 N–H and O–H groups in total. The van der Waals surface area contributed by atoms with Gasteiger partial charge in [-0.25, -0.2) is 4.98 Å². The number of hydrogen-bond donors (Lipinski definition) is 2. The van der Waals surface area contributed by atoms with Gasteiger partial charge >= 0.3 is 0 Å². The number of carbonyl (C=O) groups is 1. The van der Waals surface area contributed by atoms with Crippen LogP contribution in [0.1, 0.15) is 12.2 Å². The summed E-state index contributed by atoms with van der Waals surface area (Å²) in [4.78, 5) is 16.2. The second-order valence-corrected chi connectivity index (χ2v) is 4.90. The summed E-state index contributed by atoms with van der Waals surface area (Å²) < 4.78 is 12.6. The van der Waals surface area contributed by atoms with E-state index < -0.39 is 0 Å². The fourth-order valence-corrected chi connectivity index (χ4v) is 2.37. The summed E-state index contributed by atoms with van der Waals surface area (Å²) in [7, 11) is 3.19. The fraction of sp³-hybridized carbons (Fsp3) is 0.467. The number of nitrogens with two attached hydrogens (primary N) is 1. The van der Waals surface area contributed by atoms with Gasteiger partial charge in [0.25, 0.3) is 0 Å². The van der Waals surface area contributed by atoms with Crippen molar-refractivity contribution in [1.82, 2.24) is 14.9 Å². The number of nitrogens with one attached hydrogen (secondary N) is 1. The van der Waals surface area contributed by atoms with Crippen LogP contribution in [0.3, 0.4) is 0 Å². The number of hydrogen-bond acceptors (Lipinski definition) is 5. The predicted octanol–water partition coefficient (Wildman–Crippen LogP) is 0.827. The number of methoxy groups -OCH3 is 2. The van der Waals surface area contributed by atoms with Crippen molar-refractivity contribution in [3.63, 3.8) is 0 Å². The summed E-state index contributed by atoms with van der Waals surface area (Å²) in [6, 6.07) is 3.72. The summed E-state index contributed by atoms with van der Waals surface area (Å²) in [5.74, 6) is 2.10. The van der Waals surface area contributed by atoms with Crippen molar-refractivity contribution < 1.29 is 14.3 Å². The number of carbonyl (C=O) groups excluding carboxylic acids is 1. The SMILES string of the molecule is COc1cc2nc(C)n(CCC(=O)NCCN)c2cc1OC. The summed E-state index contributed by atoms with van der Waals surface area (Å²) >= 11 is 0. The third kappa shape index (κ3) is 3.30. The Morgan fingerprint density at radius 1 is 1.32 bits per heavy atom. The molecular formula is C15H22N4O3. The van der Waals surface area contributed by atoms with Gasteiger partial charge in [-0.3, -0.25) is 4.79 Å². The van der Waals surface area contributed by atoms with Crippen LogP contribution in [0.4, 0.5) is 0 Å². The van der Waals surface area contributed by atoms with Gasteiger partial charge in [-0.1, -0.05) is 0 Å². The van der Waals surface area contributed by atoms with Crippen molar-refractivity contribution >= 4 is 16.9 Å². The molecule has 7 nitrogen and oxygen atoms in total. The summed E-state index contributed by atoms with van der Waals surface area (Å²) in [6.07, 6.45) is 0.376. The van der Waals surface area contributed by atoms with Crippen LogP contribution in [0.25, 0.3) is 11.0 Å². The zero-order chi connectivity index (χ0) is 16.1. The van der Waals surface area contributed by atoms with Crippen LogP contribution in [0.15, 0.2) is 12.1 Å². The van der Waals surface area contributed by atoms with Crippen molar-refractivity contribution in [2.45, 2.75) is 19.9 Å². The third-order valence-electron chi connectivity index (χ3n) is 3.47. The summed E-state index contributed by atoms with van der Waals surface area (Å²) in [5.41, 5.74) is 7.11. The Morgan fingerprint density at radius 2 is 2.00 bits per heavy atom. The van der Waals surface area contributed by atoms with Gasteiger partial charge in [-0.2, -0.15) is 0 Å². The number of rotatable bonds is 7. The first-order chi connectivity index (χ1) is 10.6. The van der Waals surface area contributed by atoms with Gasteiger partial charge in [0, 0.05) is 38.2 Å². The van der Waals surface area contributed by atoms with E-state index in [4.69, 9.17) is 15.2 Å². The van der Waals surface area contributed by atoms with E-state index in [1.165, 1.54) is 0 Å². The molecule has 22 heavy (non-hydrogen) atoms. The van der Waals surface area contributed by atoms with E-state index in [2.05, 4.69) is 10.3 Å². The summed E-state index contributed by atoms with van der Waals surface area (Å²) in [5, 5.41) is 2.76. The van der Waals surface area contributed by atoms with Crippen LogP contribution in [0.2, 0.25) is 0 Å². The van der Waals surface area contributed by atoms with E-state index in [0.717, 1.165) is 16.9 Å². The Hall–Kier alpha value is -2.28. The highest BCUT2D eigenvalue weighted by Crippen LogP contribution is 2.32. The van der Waals surface area contributed by atoms with Crippen LogP contribution in [-0.2, 0) is 11.3 Å². The van der Waals surface area contributed by atoms with Crippen molar-refractivity contribution in [1.29, 1.82) is 0 Å². The quantitative estimate of drug-likeness (QED) is 0.790. The minimum atomic E-state index is -0.0211. The first-order valence-electron chi connectivity index (χ1n) is 7.16. The molecule has 0 aliphatic heterocycles. The molecule has 1 amide bonds. The number of fused-ring (bicyclic) bond motifs is 1. The van der Waals surface area contributed by atoms with Gasteiger partial charge in [0.2, 0.25) is 5.91 Å². The molecule has 2 rings (SSSR count). The first-order valence-corrected chi connectivity index (χ1v) is 7.16. The molecule has 1 aromatic carbocycles. The van der Waals surface area contributed by atoms with E-state index in [1.54, 1.807) is 14.2 Å². The molecule has 0 aliphatic rings. The molecule has 120 valence electrons. The lowest BCUT2D eigenvalue weighted by Gasteiger charge is -2.10. The molecule has 2 aromatic rings. The molecule has 0 spiro atoms. The van der Waals surface area contributed by atoms with Crippen LogP contribution >= 0.6 is 0 Å². The lowest BCUT2D eigenvalue weighted by molar-refractivity contribution is -0.121. The van der Waals surface area contributed by atoms with E-state index in [9.17, 15) is 4.79 Å². The fourth-order valence-electron chi connectivity index (χ4n) is 2.37.